The molecule has 6 nitrogen and oxygen atoms in total. The molecule has 0 spiro atoms. The van der Waals surface area contributed by atoms with Gasteiger partial charge in [0.1, 0.15) is 12.6 Å². The molecular weight excluding hydrogens is 252 g/mol. The maximum absolute atomic E-state index is 11.7. The van der Waals surface area contributed by atoms with Gasteiger partial charge in [-0.1, -0.05) is 0 Å². The van der Waals surface area contributed by atoms with Gasteiger partial charge in [-0.2, -0.15) is 0 Å². The number of aliphatic hydroxyl groups excluding tert-OH is 1. The highest BCUT2D eigenvalue weighted by Gasteiger charge is 2.38. The van der Waals surface area contributed by atoms with E-state index in [9.17, 15) is 23.5 Å². The third-order valence-electron chi connectivity index (χ3n) is 2.59. The van der Waals surface area contributed by atoms with Crippen LogP contribution in [0.15, 0.2) is 0 Å². The number of halogens is 2. The molecule has 0 aromatic carbocycles. The Morgan fingerprint density at radius 1 is 1.44 bits per heavy atom. The third-order valence-corrected chi connectivity index (χ3v) is 2.59. The number of carbonyl (C=O) groups is 2. The van der Waals surface area contributed by atoms with Crippen molar-refractivity contribution in [3.63, 3.8) is 0 Å². The number of rotatable bonds is 6. The van der Waals surface area contributed by atoms with Crippen LogP contribution in [0.2, 0.25) is 0 Å². The maximum Gasteiger partial charge on any atom is 0.326 e. The molecule has 2 atom stereocenters. The molecule has 1 amide bonds. The number of aliphatic carboxylic acids is 1. The summed E-state index contributed by atoms with van der Waals surface area (Å²) in [6.07, 6.45) is -3.65. The van der Waals surface area contributed by atoms with E-state index in [1.54, 1.807) is 0 Å². The van der Waals surface area contributed by atoms with Crippen molar-refractivity contribution >= 4 is 11.9 Å². The zero-order valence-electron chi connectivity index (χ0n) is 9.59. The Morgan fingerprint density at radius 2 is 2.11 bits per heavy atom. The Hall–Kier alpha value is -1.28. The molecule has 0 bridgehead atoms. The molecule has 0 aliphatic carbocycles. The van der Waals surface area contributed by atoms with Crippen LogP contribution in [0.25, 0.3) is 0 Å². The second kappa shape index (κ2) is 6.60. The minimum Gasteiger partial charge on any atom is -0.480 e. The van der Waals surface area contributed by atoms with Crippen LogP contribution in [0.3, 0.4) is 0 Å². The van der Waals surface area contributed by atoms with E-state index in [1.807, 2.05) is 0 Å². The van der Waals surface area contributed by atoms with Crippen molar-refractivity contribution in [3.8, 4) is 0 Å². The summed E-state index contributed by atoms with van der Waals surface area (Å²) in [5.41, 5.74) is 0. The van der Waals surface area contributed by atoms with Gasteiger partial charge in [0.15, 0.2) is 0 Å². The summed E-state index contributed by atoms with van der Waals surface area (Å²) in [6, 6.07) is -1.05. The summed E-state index contributed by atoms with van der Waals surface area (Å²) < 4.78 is 28.0. The lowest BCUT2D eigenvalue weighted by atomic mass is 10.2. The number of likely N-dealkylation sites (tertiary alicyclic amines) is 1. The lowest BCUT2D eigenvalue weighted by Crippen LogP contribution is -2.41. The molecule has 1 rings (SSSR count). The monoisotopic (exact) mass is 267 g/mol. The van der Waals surface area contributed by atoms with Crippen molar-refractivity contribution in [2.45, 2.75) is 31.4 Å². The van der Waals surface area contributed by atoms with Crippen LogP contribution in [0.5, 0.6) is 0 Å². The first-order valence-corrected chi connectivity index (χ1v) is 5.48. The Kier molecular flexibility index (Phi) is 5.42. The molecule has 8 heteroatoms. The van der Waals surface area contributed by atoms with Crippen LogP contribution in [-0.2, 0) is 14.3 Å². The third kappa shape index (κ3) is 4.19. The first-order valence-electron chi connectivity index (χ1n) is 5.48. The Balaban J connectivity index is 2.38. The van der Waals surface area contributed by atoms with Gasteiger partial charge in [-0.15, -0.1) is 0 Å². The zero-order chi connectivity index (χ0) is 13.7. The van der Waals surface area contributed by atoms with Gasteiger partial charge in [0.2, 0.25) is 5.91 Å². The van der Waals surface area contributed by atoms with Gasteiger partial charge in [0.05, 0.1) is 19.1 Å². The van der Waals surface area contributed by atoms with Crippen LogP contribution < -0.4 is 0 Å². The fourth-order valence-electron chi connectivity index (χ4n) is 1.80. The van der Waals surface area contributed by atoms with E-state index >= 15 is 0 Å². The minimum absolute atomic E-state index is 0.0149. The summed E-state index contributed by atoms with van der Waals surface area (Å²) in [7, 11) is 0. The van der Waals surface area contributed by atoms with Crippen LogP contribution in [-0.4, -0.2) is 65.3 Å². The van der Waals surface area contributed by atoms with Gasteiger partial charge in [0.25, 0.3) is 6.43 Å². The van der Waals surface area contributed by atoms with Gasteiger partial charge < -0.3 is 19.8 Å². The van der Waals surface area contributed by atoms with Crippen molar-refractivity contribution in [2.24, 2.45) is 0 Å². The SMILES string of the molecule is O=C(O)[C@@H]1C[C@@H](O)CN1C(=O)CCOCC(F)F. The average molecular weight is 267 g/mol. The second-order valence-electron chi connectivity index (χ2n) is 4.01. The average Bonchev–Trinajstić information content (AvgIpc) is 2.66. The fraction of sp³-hybridized carbons (Fsp3) is 0.800. The van der Waals surface area contributed by atoms with Gasteiger partial charge >= 0.3 is 5.97 Å². The highest BCUT2D eigenvalue weighted by atomic mass is 19.3. The van der Waals surface area contributed by atoms with Crippen LogP contribution in [0.1, 0.15) is 12.8 Å². The molecule has 1 aliphatic rings. The number of carboxylic acid groups (broad SMARTS) is 1. The van der Waals surface area contributed by atoms with E-state index in [4.69, 9.17) is 5.11 Å². The molecular formula is C10H15F2NO5. The van der Waals surface area contributed by atoms with Crippen LogP contribution in [0, 0.1) is 0 Å². The number of carbonyl (C=O) groups excluding carboxylic acids is 1. The van der Waals surface area contributed by atoms with Crippen LogP contribution in [0.4, 0.5) is 8.78 Å². The smallest absolute Gasteiger partial charge is 0.326 e. The highest BCUT2D eigenvalue weighted by molar-refractivity contribution is 5.84. The molecule has 0 radical (unpaired) electrons. The molecule has 1 heterocycles. The highest BCUT2D eigenvalue weighted by Crippen LogP contribution is 2.19. The molecule has 1 aliphatic heterocycles. The number of alkyl halides is 2. The number of aliphatic hydroxyl groups is 1. The Morgan fingerprint density at radius 3 is 2.67 bits per heavy atom. The predicted molar refractivity (Wildman–Crippen MR) is 55.2 cm³/mol. The molecule has 1 saturated heterocycles. The largest absolute Gasteiger partial charge is 0.480 e. The predicted octanol–water partition coefficient (Wildman–Crippen LogP) is -0.295. The van der Waals surface area contributed by atoms with Gasteiger partial charge in [0, 0.05) is 13.0 Å². The Labute approximate surface area is 102 Å². The number of amides is 1. The van der Waals surface area contributed by atoms with E-state index in [0.717, 1.165) is 4.90 Å². The second-order valence-corrected chi connectivity index (χ2v) is 4.01. The van der Waals surface area contributed by atoms with E-state index in [-0.39, 0.29) is 26.0 Å². The molecule has 0 saturated carbocycles. The standard InChI is InChI=1S/C10H15F2NO5/c11-8(12)5-18-2-1-9(15)13-4-6(14)3-7(13)10(16)17/h6-8,14H,1-5H2,(H,16,17)/t6-,7+/m1/s1. The molecule has 18 heavy (non-hydrogen) atoms. The summed E-state index contributed by atoms with van der Waals surface area (Å²) in [5, 5.41) is 18.2. The van der Waals surface area contributed by atoms with Crippen molar-refractivity contribution in [2.75, 3.05) is 19.8 Å². The minimum atomic E-state index is -2.60. The topological polar surface area (TPSA) is 87.1 Å². The Bertz CT molecular complexity index is 313. The number of hydrogen-bond donors (Lipinski definition) is 2. The van der Waals surface area contributed by atoms with Gasteiger partial charge in [-0.25, -0.2) is 13.6 Å². The van der Waals surface area contributed by atoms with E-state index in [0.29, 0.717) is 0 Å². The number of ether oxygens (including phenoxy) is 1. The van der Waals surface area contributed by atoms with E-state index in [1.165, 1.54) is 0 Å². The molecule has 0 aromatic heterocycles. The van der Waals surface area contributed by atoms with E-state index < -0.39 is 37.1 Å². The van der Waals surface area contributed by atoms with Crippen molar-refractivity contribution in [1.29, 1.82) is 0 Å². The molecule has 1 fully saturated rings. The van der Waals surface area contributed by atoms with Crippen molar-refractivity contribution in [1.82, 2.24) is 4.90 Å². The number of nitrogens with zero attached hydrogens (tertiary/aromatic N) is 1. The summed E-state index contributed by atoms with van der Waals surface area (Å²) >= 11 is 0. The number of hydrogen-bond acceptors (Lipinski definition) is 4. The maximum atomic E-state index is 11.7. The summed E-state index contributed by atoms with van der Waals surface area (Å²) in [5.74, 6) is -1.71. The van der Waals surface area contributed by atoms with Gasteiger partial charge in [-0.3, -0.25) is 4.79 Å². The number of carboxylic acids is 1. The fourth-order valence-corrected chi connectivity index (χ4v) is 1.80. The molecule has 0 aromatic rings. The first kappa shape index (κ1) is 14.8. The number of β-amino-alcohol motifs (C(OH)–C–C–N with tert-alkyl or cyclic N) is 1. The lowest BCUT2D eigenvalue weighted by molar-refractivity contribution is -0.148. The first-order chi connectivity index (χ1) is 8.41. The van der Waals surface area contributed by atoms with E-state index in [2.05, 4.69) is 4.74 Å². The quantitative estimate of drug-likeness (QED) is 0.645. The van der Waals surface area contributed by atoms with Crippen molar-refractivity contribution in [3.05, 3.63) is 0 Å². The molecule has 0 unspecified atom stereocenters. The summed E-state index contributed by atoms with van der Waals surface area (Å²) in [4.78, 5) is 23.5. The van der Waals surface area contributed by atoms with Crippen LogP contribution >= 0.6 is 0 Å². The lowest BCUT2D eigenvalue weighted by Gasteiger charge is -2.21. The molecule has 2 N–H and O–H groups in total. The van der Waals surface area contributed by atoms with Crippen molar-refractivity contribution < 1.29 is 33.3 Å². The normalized spacial score (nSPS) is 23.7. The zero-order valence-corrected chi connectivity index (χ0v) is 9.59. The summed E-state index contributed by atoms with van der Waals surface area (Å²) in [6.45, 7) is -0.995. The molecule has 104 valence electrons. The van der Waals surface area contributed by atoms with Gasteiger partial charge in [-0.05, 0) is 0 Å².